The third-order valence-corrected chi connectivity index (χ3v) is 3.03. The zero-order valence-electron chi connectivity index (χ0n) is 9.76. The van der Waals surface area contributed by atoms with Crippen molar-refractivity contribution in [3.8, 4) is 0 Å². The van der Waals surface area contributed by atoms with Crippen LogP contribution in [0.1, 0.15) is 20.7 Å². The summed E-state index contributed by atoms with van der Waals surface area (Å²) in [7, 11) is 0. The predicted octanol–water partition coefficient (Wildman–Crippen LogP) is 3.40. The molecule has 0 saturated heterocycles. The third-order valence-electron chi connectivity index (χ3n) is 2.50. The molecule has 2 aromatic carbocycles. The highest BCUT2D eigenvalue weighted by Crippen LogP contribution is 2.16. The van der Waals surface area contributed by atoms with E-state index in [0.717, 1.165) is 4.47 Å². The van der Waals surface area contributed by atoms with Gasteiger partial charge in [-0.3, -0.25) is 4.79 Å². The summed E-state index contributed by atoms with van der Waals surface area (Å²) in [6, 6.07) is 13.1. The van der Waals surface area contributed by atoms with E-state index in [9.17, 15) is 9.59 Å². The molecule has 19 heavy (non-hydrogen) atoms. The summed E-state index contributed by atoms with van der Waals surface area (Å²) < 4.78 is 0.899. The lowest BCUT2D eigenvalue weighted by Crippen LogP contribution is -2.16. The molecule has 0 aromatic heterocycles. The van der Waals surface area contributed by atoms with Gasteiger partial charge in [-0.05, 0) is 36.4 Å². The van der Waals surface area contributed by atoms with Crippen molar-refractivity contribution in [3.63, 3.8) is 0 Å². The minimum absolute atomic E-state index is 0.0166. The Morgan fingerprint density at radius 2 is 1.53 bits per heavy atom. The van der Waals surface area contributed by atoms with Crippen LogP contribution in [0.2, 0.25) is 0 Å². The van der Waals surface area contributed by atoms with Crippen LogP contribution in [-0.2, 0) is 0 Å². The van der Waals surface area contributed by atoms with Gasteiger partial charge in [0.05, 0.1) is 11.1 Å². The van der Waals surface area contributed by atoms with E-state index in [-0.39, 0.29) is 11.1 Å². The Kier molecular flexibility index (Phi) is 3.97. The maximum absolute atomic E-state index is 12.0. The van der Waals surface area contributed by atoms with Crippen molar-refractivity contribution in [1.82, 2.24) is 0 Å². The molecule has 0 aliphatic heterocycles. The van der Waals surface area contributed by atoms with E-state index in [1.54, 1.807) is 36.4 Å². The number of carbonyl (C=O) groups is 2. The Labute approximate surface area is 118 Å². The summed E-state index contributed by atoms with van der Waals surface area (Å²) in [5.74, 6) is -1.57. The van der Waals surface area contributed by atoms with Crippen LogP contribution in [-0.4, -0.2) is 17.0 Å². The van der Waals surface area contributed by atoms with Crippen molar-refractivity contribution in [2.24, 2.45) is 0 Å². The number of hydrogen-bond donors (Lipinski definition) is 2. The van der Waals surface area contributed by atoms with Gasteiger partial charge in [0.15, 0.2) is 0 Å². The Morgan fingerprint density at radius 1 is 0.947 bits per heavy atom. The van der Waals surface area contributed by atoms with Crippen LogP contribution in [0.5, 0.6) is 0 Å². The Morgan fingerprint density at radius 3 is 2.11 bits per heavy atom. The molecule has 2 rings (SSSR count). The van der Waals surface area contributed by atoms with E-state index < -0.39 is 11.9 Å². The SMILES string of the molecule is O=C(O)c1ccccc1C(=O)Nc1ccc(Br)cc1. The number of carboxylic acids is 1. The van der Waals surface area contributed by atoms with Gasteiger partial charge in [0.25, 0.3) is 5.91 Å². The van der Waals surface area contributed by atoms with Crippen LogP contribution in [0.25, 0.3) is 0 Å². The van der Waals surface area contributed by atoms with Gasteiger partial charge < -0.3 is 10.4 Å². The van der Waals surface area contributed by atoms with E-state index in [4.69, 9.17) is 5.11 Å². The van der Waals surface area contributed by atoms with Crippen LogP contribution >= 0.6 is 15.9 Å². The van der Waals surface area contributed by atoms with Crippen LogP contribution < -0.4 is 5.32 Å². The Hall–Kier alpha value is -2.14. The zero-order chi connectivity index (χ0) is 13.8. The number of anilines is 1. The maximum atomic E-state index is 12.0. The van der Waals surface area contributed by atoms with Gasteiger partial charge in [-0.2, -0.15) is 0 Å². The Balaban J connectivity index is 2.25. The molecule has 4 nitrogen and oxygen atoms in total. The molecule has 0 spiro atoms. The first-order valence-electron chi connectivity index (χ1n) is 5.47. The number of benzene rings is 2. The number of halogens is 1. The fourth-order valence-corrected chi connectivity index (χ4v) is 1.86. The average Bonchev–Trinajstić information content (AvgIpc) is 2.41. The van der Waals surface area contributed by atoms with Crippen molar-refractivity contribution in [1.29, 1.82) is 0 Å². The van der Waals surface area contributed by atoms with E-state index >= 15 is 0 Å². The summed E-state index contributed by atoms with van der Waals surface area (Å²) in [5.41, 5.74) is 0.725. The number of aromatic carboxylic acids is 1. The molecule has 0 bridgehead atoms. The van der Waals surface area contributed by atoms with Crippen molar-refractivity contribution < 1.29 is 14.7 Å². The lowest BCUT2D eigenvalue weighted by atomic mass is 10.1. The number of hydrogen-bond acceptors (Lipinski definition) is 2. The highest BCUT2D eigenvalue weighted by atomic mass is 79.9. The van der Waals surface area contributed by atoms with Gasteiger partial charge >= 0.3 is 5.97 Å². The lowest BCUT2D eigenvalue weighted by Gasteiger charge is -2.07. The molecule has 0 heterocycles. The van der Waals surface area contributed by atoms with Crippen LogP contribution in [0.3, 0.4) is 0 Å². The fourth-order valence-electron chi connectivity index (χ4n) is 1.60. The van der Waals surface area contributed by atoms with Crippen LogP contribution in [0.4, 0.5) is 5.69 Å². The summed E-state index contributed by atoms with van der Waals surface area (Å²) in [6.45, 7) is 0. The molecule has 0 aliphatic carbocycles. The van der Waals surface area contributed by atoms with Crippen molar-refractivity contribution in [2.75, 3.05) is 5.32 Å². The van der Waals surface area contributed by atoms with E-state index in [0.29, 0.717) is 5.69 Å². The maximum Gasteiger partial charge on any atom is 0.336 e. The fraction of sp³-hybridized carbons (Fsp3) is 0. The van der Waals surface area contributed by atoms with Crippen molar-refractivity contribution in [2.45, 2.75) is 0 Å². The quantitative estimate of drug-likeness (QED) is 0.911. The first-order chi connectivity index (χ1) is 9.08. The number of carbonyl (C=O) groups excluding carboxylic acids is 1. The molecule has 1 amide bonds. The molecule has 96 valence electrons. The second-order valence-corrected chi connectivity index (χ2v) is 4.73. The summed E-state index contributed by atoms with van der Waals surface area (Å²) in [5, 5.41) is 11.7. The molecule has 0 unspecified atom stereocenters. The van der Waals surface area contributed by atoms with E-state index in [1.165, 1.54) is 12.1 Å². The molecule has 0 atom stereocenters. The molecule has 2 N–H and O–H groups in total. The van der Waals surface area contributed by atoms with E-state index in [1.807, 2.05) is 0 Å². The smallest absolute Gasteiger partial charge is 0.336 e. The molecule has 0 aliphatic rings. The number of carboxylic acid groups (broad SMARTS) is 1. The van der Waals surface area contributed by atoms with Crippen molar-refractivity contribution in [3.05, 3.63) is 64.1 Å². The molecular formula is C14H10BrNO3. The number of nitrogens with one attached hydrogen (secondary N) is 1. The van der Waals surface area contributed by atoms with Crippen molar-refractivity contribution >= 4 is 33.5 Å². The summed E-state index contributed by atoms with van der Waals surface area (Å²) >= 11 is 3.30. The molecule has 5 heteroatoms. The molecule has 2 aromatic rings. The topological polar surface area (TPSA) is 66.4 Å². The van der Waals surface area contributed by atoms with E-state index in [2.05, 4.69) is 21.2 Å². The van der Waals surface area contributed by atoms with Gasteiger partial charge in [-0.15, -0.1) is 0 Å². The number of amides is 1. The number of rotatable bonds is 3. The normalized spacial score (nSPS) is 9.95. The summed E-state index contributed by atoms with van der Waals surface area (Å²) in [6.07, 6.45) is 0. The average molecular weight is 320 g/mol. The molecule has 0 fully saturated rings. The van der Waals surface area contributed by atoms with Gasteiger partial charge in [0.1, 0.15) is 0 Å². The van der Waals surface area contributed by atoms with Crippen LogP contribution in [0.15, 0.2) is 53.0 Å². The zero-order valence-corrected chi connectivity index (χ0v) is 11.3. The second-order valence-electron chi connectivity index (χ2n) is 3.81. The van der Waals surface area contributed by atoms with Gasteiger partial charge in [0, 0.05) is 10.2 Å². The highest BCUT2D eigenvalue weighted by molar-refractivity contribution is 9.10. The van der Waals surface area contributed by atoms with Crippen LogP contribution in [0, 0.1) is 0 Å². The molecule has 0 radical (unpaired) electrons. The molecule has 0 saturated carbocycles. The minimum Gasteiger partial charge on any atom is -0.478 e. The van der Waals surface area contributed by atoms with Gasteiger partial charge in [0.2, 0.25) is 0 Å². The standard InChI is InChI=1S/C14H10BrNO3/c15-9-5-7-10(8-6-9)16-13(17)11-3-1-2-4-12(11)14(18)19/h1-8H,(H,16,17)(H,18,19). The highest BCUT2D eigenvalue weighted by Gasteiger charge is 2.15. The third kappa shape index (κ3) is 3.20. The predicted molar refractivity (Wildman–Crippen MR) is 75.5 cm³/mol. The Bertz CT molecular complexity index is 623. The lowest BCUT2D eigenvalue weighted by molar-refractivity contribution is 0.0692. The largest absolute Gasteiger partial charge is 0.478 e. The molecular weight excluding hydrogens is 310 g/mol. The first-order valence-corrected chi connectivity index (χ1v) is 6.26. The van der Waals surface area contributed by atoms with Gasteiger partial charge in [-0.1, -0.05) is 28.1 Å². The minimum atomic E-state index is -1.12. The van der Waals surface area contributed by atoms with Gasteiger partial charge in [-0.25, -0.2) is 4.79 Å². The second kappa shape index (κ2) is 5.67. The monoisotopic (exact) mass is 319 g/mol. The first kappa shape index (κ1) is 13.3. The summed E-state index contributed by atoms with van der Waals surface area (Å²) in [4.78, 5) is 23.1.